The first kappa shape index (κ1) is 6.23. The van der Waals surface area contributed by atoms with Crippen LogP contribution in [0.3, 0.4) is 0 Å². The molecule has 0 aromatic rings. The molecule has 0 amide bonds. The number of hydrogen-bond acceptors (Lipinski definition) is 2. The largest absolute Gasteiger partial charge is 0.371 e. The third-order valence-corrected chi connectivity index (χ3v) is 2.04. The molecule has 2 radical (unpaired) electrons. The highest BCUT2D eigenvalue weighted by Crippen LogP contribution is 2.19. The van der Waals surface area contributed by atoms with E-state index in [4.69, 9.17) is 0 Å². The molecule has 0 aliphatic carbocycles. The van der Waals surface area contributed by atoms with E-state index in [-0.39, 0.29) is 0 Å². The molecule has 2 rings (SSSR count). The molecule has 0 aromatic carbocycles. The zero-order valence-corrected chi connectivity index (χ0v) is 6.17. The van der Waals surface area contributed by atoms with Crippen molar-refractivity contribution in [2.45, 2.75) is 25.4 Å². The summed E-state index contributed by atoms with van der Waals surface area (Å²) in [4.78, 5) is 2.33. The summed E-state index contributed by atoms with van der Waals surface area (Å²) in [6.07, 6.45) is 5.51. The molecule has 1 fully saturated rings. The lowest BCUT2D eigenvalue weighted by atomic mass is 10.1. The Kier molecular flexibility index (Phi) is 1.42. The van der Waals surface area contributed by atoms with E-state index in [0.29, 0.717) is 12.1 Å². The molecule has 0 saturated carbocycles. The monoisotopic (exact) mass is 136 g/mol. The Bertz CT molecular complexity index is 153. The second-order valence-electron chi connectivity index (χ2n) is 3.02. The van der Waals surface area contributed by atoms with Crippen LogP contribution in [-0.4, -0.2) is 23.5 Å². The van der Waals surface area contributed by atoms with Crippen LogP contribution in [0.4, 0.5) is 0 Å². The van der Waals surface area contributed by atoms with Gasteiger partial charge >= 0.3 is 0 Å². The maximum absolute atomic E-state index is 3.24. The molecule has 2 heterocycles. The number of rotatable bonds is 0. The van der Waals surface area contributed by atoms with Gasteiger partial charge in [0, 0.05) is 12.6 Å². The van der Waals surface area contributed by atoms with Crippen molar-refractivity contribution in [3.63, 3.8) is 0 Å². The third kappa shape index (κ3) is 0.926. The zero-order chi connectivity index (χ0) is 6.97. The van der Waals surface area contributed by atoms with Crippen LogP contribution >= 0.6 is 0 Å². The molecule has 0 spiro atoms. The summed E-state index contributed by atoms with van der Waals surface area (Å²) < 4.78 is 0. The van der Waals surface area contributed by atoms with Crippen LogP contribution in [0.15, 0.2) is 12.3 Å². The van der Waals surface area contributed by atoms with E-state index >= 15 is 0 Å². The van der Waals surface area contributed by atoms with Crippen LogP contribution < -0.4 is 5.32 Å². The maximum atomic E-state index is 3.24. The third-order valence-electron chi connectivity index (χ3n) is 2.04. The topological polar surface area (TPSA) is 15.3 Å². The van der Waals surface area contributed by atoms with Crippen LogP contribution in [0.5, 0.6) is 0 Å². The van der Waals surface area contributed by atoms with Gasteiger partial charge in [0.05, 0.1) is 12.6 Å². The lowest BCUT2D eigenvalue weighted by molar-refractivity contribution is 0.245. The smallest absolute Gasteiger partial charge is 0.0840 e. The van der Waals surface area contributed by atoms with E-state index in [1.807, 2.05) is 0 Å². The van der Waals surface area contributed by atoms with Gasteiger partial charge in [0.1, 0.15) is 0 Å². The second kappa shape index (κ2) is 2.27. The van der Waals surface area contributed by atoms with Crippen LogP contribution in [0.25, 0.3) is 0 Å². The Hall–Kier alpha value is -0.500. The molecular formula is C8H12N2. The van der Waals surface area contributed by atoms with Crippen LogP contribution in [-0.2, 0) is 0 Å². The van der Waals surface area contributed by atoms with E-state index < -0.39 is 0 Å². The summed E-state index contributed by atoms with van der Waals surface area (Å²) in [5.41, 5.74) is 0. The Morgan fingerprint density at radius 3 is 3.50 bits per heavy atom. The van der Waals surface area contributed by atoms with E-state index in [1.54, 1.807) is 0 Å². The summed E-state index contributed by atoms with van der Waals surface area (Å²) in [7, 11) is 0. The van der Waals surface area contributed by atoms with Gasteiger partial charge in [-0.25, -0.2) is 0 Å². The van der Waals surface area contributed by atoms with E-state index in [0.717, 1.165) is 13.0 Å². The summed E-state index contributed by atoms with van der Waals surface area (Å²) in [5.74, 6) is 0. The van der Waals surface area contributed by atoms with Crippen molar-refractivity contribution in [3.8, 4) is 0 Å². The first-order chi connectivity index (χ1) is 4.86. The number of piperazine rings is 1. The molecule has 2 aliphatic heterocycles. The summed E-state index contributed by atoms with van der Waals surface area (Å²) in [6.45, 7) is 6.54. The van der Waals surface area contributed by atoms with Gasteiger partial charge in [-0.15, -0.1) is 0 Å². The van der Waals surface area contributed by atoms with E-state index in [9.17, 15) is 0 Å². The molecule has 2 unspecified atom stereocenters. The molecule has 2 heteroatoms. The molecule has 2 atom stereocenters. The number of fused-ring (bicyclic) bond motifs is 1. The second-order valence-corrected chi connectivity index (χ2v) is 3.02. The molecule has 10 heavy (non-hydrogen) atoms. The fraction of sp³-hybridized carbons (Fsp3) is 0.625. The molecule has 0 bridgehead atoms. The number of nitrogens with one attached hydrogen (secondary N) is 1. The van der Waals surface area contributed by atoms with Crippen molar-refractivity contribution in [2.75, 3.05) is 6.54 Å². The van der Waals surface area contributed by atoms with Crippen molar-refractivity contribution in [3.05, 3.63) is 18.8 Å². The summed E-state index contributed by atoms with van der Waals surface area (Å²) in [6, 6.07) is 1.06. The molecule has 54 valence electrons. The van der Waals surface area contributed by atoms with Crippen molar-refractivity contribution >= 4 is 0 Å². The average Bonchev–Trinajstić information content (AvgIpc) is 2.33. The van der Waals surface area contributed by atoms with Gasteiger partial charge in [0.2, 0.25) is 0 Å². The Labute approximate surface area is 61.9 Å². The average molecular weight is 136 g/mol. The van der Waals surface area contributed by atoms with Gasteiger partial charge in [-0.3, -0.25) is 0 Å². The standard InChI is InChI=1S/C8H12N2/c1-7-6-10-4-2-3-8(10)5-9-7/h2,4,7-9H,3,6H2,1H3. The van der Waals surface area contributed by atoms with Crippen molar-refractivity contribution < 1.29 is 0 Å². The highest BCUT2D eigenvalue weighted by molar-refractivity contribution is 5.06. The van der Waals surface area contributed by atoms with Gasteiger partial charge in [0.15, 0.2) is 0 Å². The summed E-state index contributed by atoms with van der Waals surface area (Å²) in [5, 5.41) is 3.22. The van der Waals surface area contributed by atoms with Gasteiger partial charge < -0.3 is 10.2 Å². The van der Waals surface area contributed by atoms with E-state index in [1.165, 1.54) is 0 Å². The molecular weight excluding hydrogens is 124 g/mol. The normalized spacial score (nSPS) is 38.3. The van der Waals surface area contributed by atoms with Crippen LogP contribution in [0.2, 0.25) is 0 Å². The SMILES string of the molecule is CC1CN2C=CCC2[C]N1. The highest BCUT2D eigenvalue weighted by atomic mass is 15.2. The molecule has 0 aromatic heterocycles. The first-order valence-corrected chi connectivity index (χ1v) is 3.80. The van der Waals surface area contributed by atoms with Crippen molar-refractivity contribution in [1.82, 2.24) is 10.2 Å². The van der Waals surface area contributed by atoms with Gasteiger partial charge in [-0.2, -0.15) is 0 Å². The van der Waals surface area contributed by atoms with Gasteiger partial charge in [-0.05, 0) is 19.5 Å². The van der Waals surface area contributed by atoms with Gasteiger partial charge in [-0.1, -0.05) is 6.08 Å². The Morgan fingerprint density at radius 1 is 1.70 bits per heavy atom. The fourth-order valence-electron chi connectivity index (χ4n) is 1.49. The van der Waals surface area contributed by atoms with Crippen LogP contribution in [0.1, 0.15) is 13.3 Å². The molecule has 1 N–H and O–H groups in total. The lowest BCUT2D eigenvalue weighted by Gasteiger charge is -2.34. The Balaban J connectivity index is 2.01. The molecule has 2 nitrogen and oxygen atoms in total. The maximum Gasteiger partial charge on any atom is 0.0840 e. The fourth-order valence-corrected chi connectivity index (χ4v) is 1.49. The zero-order valence-electron chi connectivity index (χ0n) is 6.17. The quantitative estimate of drug-likeness (QED) is 0.524. The van der Waals surface area contributed by atoms with Crippen LogP contribution in [0, 0.1) is 6.54 Å². The molecule has 2 aliphatic rings. The van der Waals surface area contributed by atoms with Crippen molar-refractivity contribution in [1.29, 1.82) is 0 Å². The molecule has 1 saturated heterocycles. The highest BCUT2D eigenvalue weighted by Gasteiger charge is 2.25. The van der Waals surface area contributed by atoms with Crippen molar-refractivity contribution in [2.24, 2.45) is 0 Å². The predicted octanol–water partition coefficient (Wildman–Crippen LogP) is 0.605. The number of hydrogen-bond donors (Lipinski definition) is 1. The van der Waals surface area contributed by atoms with Gasteiger partial charge in [0.25, 0.3) is 0 Å². The minimum Gasteiger partial charge on any atom is -0.371 e. The van der Waals surface area contributed by atoms with E-state index in [2.05, 4.69) is 36.0 Å². The Morgan fingerprint density at radius 2 is 2.60 bits per heavy atom. The summed E-state index contributed by atoms with van der Waals surface area (Å²) >= 11 is 0. The minimum atomic E-state index is 0.510. The lowest BCUT2D eigenvalue weighted by Crippen LogP contribution is -2.48. The number of nitrogens with zero attached hydrogens (tertiary/aromatic N) is 1. The first-order valence-electron chi connectivity index (χ1n) is 3.80. The predicted molar refractivity (Wildman–Crippen MR) is 40.1 cm³/mol. The minimum absolute atomic E-state index is 0.510.